The summed E-state index contributed by atoms with van der Waals surface area (Å²) in [5.74, 6) is -1.59. The summed E-state index contributed by atoms with van der Waals surface area (Å²) in [5, 5.41) is 11.1. The number of rotatable bonds is 6. The second-order valence-electron chi connectivity index (χ2n) is 7.35. The molecular formula is C26H22FNO5. The fraction of sp³-hybridized carbons (Fsp3) is 0.154. The van der Waals surface area contributed by atoms with Crippen molar-refractivity contribution in [2.24, 2.45) is 0 Å². The molecule has 0 spiro atoms. The number of Topliss-reactive ketones (excluding diaryl/α,β-unsaturated/α-hetero) is 1. The number of hydrogen-bond acceptors (Lipinski definition) is 5. The van der Waals surface area contributed by atoms with Crippen LogP contribution < -0.4 is 14.4 Å². The Kier molecular flexibility index (Phi) is 6.13. The minimum absolute atomic E-state index is 0.0972. The summed E-state index contributed by atoms with van der Waals surface area (Å²) < 4.78 is 25.5. The van der Waals surface area contributed by atoms with E-state index in [9.17, 15) is 19.1 Å². The number of carbonyl (C=O) groups excluding carboxylic acids is 2. The van der Waals surface area contributed by atoms with Crippen molar-refractivity contribution in [2.45, 2.75) is 13.0 Å². The molecule has 1 unspecified atom stereocenters. The summed E-state index contributed by atoms with van der Waals surface area (Å²) >= 11 is 0. The molecule has 4 rings (SSSR count). The maximum Gasteiger partial charge on any atom is 0.300 e. The molecule has 3 aromatic carbocycles. The molecule has 0 aliphatic carbocycles. The molecule has 1 saturated heterocycles. The number of hydrogen-bond donors (Lipinski definition) is 1. The first-order valence-corrected chi connectivity index (χ1v) is 10.4. The summed E-state index contributed by atoms with van der Waals surface area (Å²) in [7, 11) is 1.51. The minimum Gasteiger partial charge on any atom is -0.507 e. The molecular weight excluding hydrogens is 425 g/mol. The maximum atomic E-state index is 14.9. The third-order valence-corrected chi connectivity index (χ3v) is 5.43. The Bertz CT molecular complexity index is 1220. The molecule has 0 bridgehead atoms. The summed E-state index contributed by atoms with van der Waals surface area (Å²) in [4.78, 5) is 27.4. The van der Waals surface area contributed by atoms with E-state index in [4.69, 9.17) is 9.47 Å². The first-order valence-electron chi connectivity index (χ1n) is 10.4. The van der Waals surface area contributed by atoms with E-state index in [0.717, 1.165) is 0 Å². The van der Waals surface area contributed by atoms with Crippen molar-refractivity contribution in [3.63, 3.8) is 0 Å². The predicted octanol–water partition coefficient (Wildman–Crippen LogP) is 4.86. The topological polar surface area (TPSA) is 76.1 Å². The van der Waals surface area contributed by atoms with Crippen LogP contribution in [0.2, 0.25) is 0 Å². The molecule has 1 aliphatic heterocycles. The van der Waals surface area contributed by atoms with Crippen molar-refractivity contribution in [1.82, 2.24) is 0 Å². The average molecular weight is 447 g/mol. The Hall–Kier alpha value is -4.13. The van der Waals surface area contributed by atoms with Gasteiger partial charge >= 0.3 is 0 Å². The van der Waals surface area contributed by atoms with Crippen molar-refractivity contribution >= 4 is 23.1 Å². The molecule has 0 radical (unpaired) electrons. The summed E-state index contributed by atoms with van der Waals surface area (Å²) in [6.07, 6.45) is 0. The van der Waals surface area contributed by atoms with Gasteiger partial charge in [0.1, 0.15) is 23.1 Å². The Morgan fingerprint density at radius 1 is 0.970 bits per heavy atom. The molecule has 168 valence electrons. The molecule has 1 fully saturated rings. The number of amides is 1. The van der Waals surface area contributed by atoms with E-state index in [1.165, 1.54) is 30.2 Å². The summed E-state index contributed by atoms with van der Waals surface area (Å²) in [5.41, 5.74) is 0.592. The largest absolute Gasteiger partial charge is 0.507 e. The fourth-order valence-corrected chi connectivity index (χ4v) is 3.86. The van der Waals surface area contributed by atoms with Gasteiger partial charge in [0.2, 0.25) is 0 Å². The average Bonchev–Trinajstić information content (AvgIpc) is 3.10. The monoisotopic (exact) mass is 447 g/mol. The van der Waals surface area contributed by atoms with E-state index < -0.39 is 23.5 Å². The van der Waals surface area contributed by atoms with Crippen LogP contribution in [0, 0.1) is 5.82 Å². The minimum atomic E-state index is -1.15. The van der Waals surface area contributed by atoms with E-state index in [2.05, 4.69) is 0 Å². The van der Waals surface area contributed by atoms with E-state index in [1.54, 1.807) is 54.6 Å². The summed E-state index contributed by atoms with van der Waals surface area (Å²) in [6, 6.07) is 17.7. The number of benzene rings is 3. The van der Waals surface area contributed by atoms with E-state index >= 15 is 0 Å². The lowest BCUT2D eigenvalue weighted by molar-refractivity contribution is -0.132. The van der Waals surface area contributed by atoms with E-state index in [1.807, 2.05) is 6.92 Å². The van der Waals surface area contributed by atoms with E-state index in [-0.39, 0.29) is 16.9 Å². The van der Waals surface area contributed by atoms with Gasteiger partial charge in [-0.15, -0.1) is 0 Å². The number of aliphatic hydroxyl groups is 1. The number of aliphatic hydroxyl groups excluding tert-OH is 1. The number of nitrogens with zero attached hydrogens (tertiary/aromatic N) is 1. The van der Waals surface area contributed by atoms with Crippen LogP contribution in [-0.2, 0) is 9.59 Å². The number of ketones is 1. The molecule has 1 atom stereocenters. The molecule has 1 N–H and O–H groups in total. The molecule has 0 saturated carbocycles. The van der Waals surface area contributed by atoms with Gasteiger partial charge in [-0.2, -0.15) is 0 Å². The molecule has 1 amide bonds. The highest BCUT2D eigenvalue weighted by atomic mass is 19.1. The zero-order valence-corrected chi connectivity index (χ0v) is 18.1. The van der Waals surface area contributed by atoms with Crippen LogP contribution in [0.4, 0.5) is 10.1 Å². The third kappa shape index (κ3) is 4.05. The number of anilines is 1. The molecule has 7 heteroatoms. The first kappa shape index (κ1) is 22.1. The summed E-state index contributed by atoms with van der Waals surface area (Å²) in [6.45, 7) is 2.33. The second-order valence-corrected chi connectivity index (χ2v) is 7.35. The molecule has 3 aromatic rings. The second kappa shape index (κ2) is 9.16. The zero-order valence-electron chi connectivity index (χ0n) is 18.1. The highest BCUT2D eigenvalue weighted by Crippen LogP contribution is 2.43. The van der Waals surface area contributed by atoms with Crippen molar-refractivity contribution in [3.05, 3.63) is 95.3 Å². The fourth-order valence-electron chi connectivity index (χ4n) is 3.86. The zero-order chi connectivity index (χ0) is 23.5. The van der Waals surface area contributed by atoms with Crippen LogP contribution in [0.5, 0.6) is 11.5 Å². The number of halogens is 1. The predicted molar refractivity (Wildman–Crippen MR) is 122 cm³/mol. The lowest BCUT2D eigenvalue weighted by Crippen LogP contribution is -2.29. The van der Waals surface area contributed by atoms with Crippen LogP contribution >= 0.6 is 0 Å². The van der Waals surface area contributed by atoms with Crippen molar-refractivity contribution in [2.75, 3.05) is 18.6 Å². The Balaban J connectivity index is 1.89. The molecule has 0 aromatic heterocycles. The van der Waals surface area contributed by atoms with Gasteiger partial charge in [-0.05, 0) is 61.5 Å². The van der Waals surface area contributed by atoms with Crippen LogP contribution in [-0.4, -0.2) is 30.5 Å². The van der Waals surface area contributed by atoms with Gasteiger partial charge in [-0.3, -0.25) is 14.5 Å². The molecule has 1 aliphatic rings. The van der Waals surface area contributed by atoms with Gasteiger partial charge in [0.05, 0.1) is 25.3 Å². The number of methoxy groups -OCH3 is 1. The van der Waals surface area contributed by atoms with Gasteiger partial charge in [0, 0.05) is 16.8 Å². The van der Waals surface area contributed by atoms with Crippen LogP contribution in [0.1, 0.15) is 24.1 Å². The van der Waals surface area contributed by atoms with Crippen molar-refractivity contribution in [1.29, 1.82) is 0 Å². The quantitative estimate of drug-likeness (QED) is 0.332. The van der Waals surface area contributed by atoms with Crippen LogP contribution in [0.25, 0.3) is 5.76 Å². The smallest absolute Gasteiger partial charge is 0.300 e. The van der Waals surface area contributed by atoms with Gasteiger partial charge in [0.15, 0.2) is 0 Å². The Labute approximate surface area is 190 Å². The normalized spacial score (nSPS) is 17.3. The first-order chi connectivity index (χ1) is 16.0. The van der Waals surface area contributed by atoms with Crippen LogP contribution in [0.15, 0.2) is 78.4 Å². The van der Waals surface area contributed by atoms with Gasteiger partial charge in [0.25, 0.3) is 11.7 Å². The lowest BCUT2D eigenvalue weighted by Gasteiger charge is -2.25. The van der Waals surface area contributed by atoms with Gasteiger partial charge in [-0.25, -0.2) is 4.39 Å². The Morgan fingerprint density at radius 2 is 1.61 bits per heavy atom. The molecule has 6 nitrogen and oxygen atoms in total. The van der Waals surface area contributed by atoms with Crippen molar-refractivity contribution < 1.29 is 28.6 Å². The Morgan fingerprint density at radius 3 is 2.21 bits per heavy atom. The standard InChI is InChI=1S/C26H22FNO5/c1-3-33-19-12-8-16(9-13-19)24(29)22-23(20-6-4-5-7-21(20)27)28(26(31)25(22)30)17-10-14-18(32-2)15-11-17/h4-15,23,29H,3H2,1-2H3/b24-22+. The SMILES string of the molecule is CCOc1ccc(/C(O)=C2\C(=O)C(=O)N(c3ccc(OC)cc3)C2c2ccccc2F)cc1. The number of ether oxygens (including phenoxy) is 2. The maximum absolute atomic E-state index is 14.9. The van der Waals surface area contributed by atoms with Crippen molar-refractivity contribution in [3.8, 4) is 11.5 Å². The molecule has 1 heterocycles. The van der Waals surface area contributed by atoms with Gasteiger partial charge < -0.3 is 14.6 Å². The molecule has 33 heavy (non-hydrogen) atoms. The van der Waals surface area contributed by atoms with Crippen LogP contribution in [0.3, 0.4) is 0 Å². The van der Waals surface area contributed by atoms with Gasteiger partial charge in [-0.1, -0.05) is 18.2 Å². The van der Waals surface area contributed by atoms with E-state index in [0.29, 0.717) is 29.4 Å². The third-order valence-electron chi connectivity index (χ3n) is 5.43. The number of carbonyl (C=O) groups is 2. The lowest BCUT2D eigenvalue weighted by atomic mass is 9.94. The highest BCUT2D eigenvalue weighted by Gasteiger charge is 2.47. The highest BCUT2D eigenvalue weighted by molar-refractivity contribution is 6.51.